The van der Waals surface area contributed by atoms with Gasteiger partial charge in [-0.05, 0) is 19.3 Å². The zero-order valence-electron chi connectivity index (χ0n) is 12.7. The molecule has 3 fully saturated rings. The number of hydrogen-bond donors (Lipinski definition) is 1. The summed E-state index contributed by atoms with van der Waals surface area (Å²) in [4.78, 5) is 38.8. The lowest BCUT2D eigenvalue weighted by atomic mass is 10.1. The average molecular weight is 344 g/mol. The second-order valence-corrected chi connectivity index (χ2v) is 8.76. The number of carbonyl (C=O) groups excluding carboxylic acids is 2. The van der Waals surface area contributed by atoms with E-state index in [1.54, 1.807) is 0 Å². The summed E-state index contributed by atoms with van der Waals surface area (Å²) in [5, 5.41) is 9.17. The summed E-state index contributed by atoms with van der Waals surface area (Å²) in [6.07, 6.45) is 1.54. The van der Waals surface area contributed by atoms with Crippen LogP contribution >= 0.6 is 0 Å². The maximum absolute atomic E-state index is 12.6. The van der Waals surface area contributed by atoms with Gasteiger partial charge in [-0.2, -0.15) is 0 Å². The lowest BCUT2D eigenvalue weighted by Gasteiger charge is -2.26. The van der Waals surface area contributed by atoms with Crippen molar-refractivity contribution in [2.75, 3.05) is 24.6 Å². The third kappa shape index (κ3) is 3.06. The number of aliphatic carboxylic acids is 1. The van der Waals surface area contributed by atoms with Gasteiger partial charge in [-0.3, -0.25) is 9.59 Å². The van der Waals surface area contributed by atoms with E-state index >= 15 is 0 Å². The molecule has 2 unspecified atom stereocenters. The van der Waals surface area contributed by atoms with E-state index < -0.39 is 27.8 Å². The van der Waals surface area contributed by atoms with Gasteiger partial charge in [-0.25, -0.2) is 13.2 Å². The van der Waals surface area contributed by atoms with Crippen molar-refractivity contribution in [2.24, 2.45) is 5.92 Å². The van der Waals surface area contributed by atoms with Crippen molar-refractivity contribution in [3.63, 3.8) is 0 Å². The summed E-state index contributed by atoms with van der Waals surface area (Å²) < 4.78 is 23.1. The first-order valence-electron chi connectivity index (χ1n) is 7.81. The Morgan fingerprint density at radius 2 is 1.96 bits per heavy atom. The zero-order valence-corrected chi connectivity index (χ0v) is 13.5. The zero-order chi connectivity index (χ0) is 16.8. The molecule has 128 valence electrons. The van der Waals surface area contributed by atoms with Gasteiger partial charge in [0.25, 0.3) is 0 Å². The minimum atomic E-state index is -3.10. The van der Waals surface area contributed by atoms with Gasteiger partial charge >= 0.3 is 5.97 Å². The highest BCUT2D eigenvalue weighted by Crippen LogP contribution is 2.29. The summed E-state index contributed by atoms with van der Waals surface area (Å²) in [6, 6.07) is -1.15. The van der Waals surface area contributed by atoms with Gasteiger partial charge in [0, 0.05) is 25.6 Å². The van der Waals surface area contributed by atoms with Gasteiger partial charge < -0.3 is 14.9 Å². The number of rotatable bonds is 3. The second kappa shape index (κ2) is 5.77. The van der Waals surface area contributed by atoms with Gasteiger partial charge in [0.1, 0.15) is 6.04 Å². The minimum absolute atomic E-state index is 0.0399. The van der Waals surface area contributed by atoms with Crippen molar-refractivity contribution in [2.45, 2.75) is 37.8 Å². The van der Waals surface area contributed by atoms with Crippen molar-refractivity contribution in [1.29, 1.82) is 0 Å². The Morgan fingerprint density at radius 3 is 2.57 bits per heavy atom. The molecule has 0 aromatic carbocycles. The van der Waals surface area contributed by atoms with Gasteiger partial charge in [0.15, 0.2) is 9.84 Å². The normalized spacial score (nSPS) is 33.4. The van der Waals surface area contributed by atoms with E-state index in [0.717, 1.165) is 0 Å². The van der Waals surface area contributed by atoms with Crippen LogP contribution in [0.3, 0.4) is 0 Å². The van der Waals surface area contributed by atoms with E-state index in [1.165, 1.54) is 9.80 Å². The van der Waals surface area contributed by atoms with Crippen LogP contribution in [0.25, 0.3) is 0 Å². The summed E-state index contributed by atoms with van der Waals surface area (Å²) >= 11 is 0. The van der Waals surface area contributed by atoms with Crippen LogP contribution in [0.1, 0.15) is 25.7 Å². The molecule has 3 aliphatic rings. The fourth-order valence-electron chi connectivity index (χ4n) is 3.79. The lowest BCUT2D eigenvalue weighted by Crippen LogP contribution is -2.44. The summed E-state index contributed by atoms with van der Waals surface area (Å²) in [5.41, 5.74) is 0. The lowest BCUT2D eigenvalue weighted by molar-refractivity contribution is -0.149. The van der Waals surface area contributed by atoms with E-state index in [4.69, 9.17) is 0 Å². The topological polar surface area (TPSA) is 112 Å². The van der Waals surface area contributed by atoms with Crippen molar-refractivity contribution >= 4 is 27.6 Å². The van der Waals surface area contributed by atoms with E-state index in [2.05, 4.69) is 0 Å². The molecule has 3 rings (SSSR count). The summed E-state index contributed by atoms with van der Waals surface area (Å²) in [5.74, 6) is -2.05. The van der Waals surface area contributed by atoms with Crippen LogP contribution in [0.5, 0.6) is 0 Å². The number of likely N-dealkylation sites (tertiary alicyclic amines) is 2. The molecule has 3 saturated heterocycles. The molecule has 0 spiro atoms. The molecule has 2 amide bonds. The largest absolute Gasteiger partial charge is 0.480 e. The molecule has 0 radical (unpaired) electrons. The van der Waals surface area contributed by atoms with E-state index in [1.807, 2.05) is 0 Å². The average Bonchev–Trinajstić information content (AvgIpc) is 3.15. The Kier molecular flexibility index (Phi) is 4.07. The van der Waals surface area contributed by atoms with Crippen LogP contribution < -0.4 is 0 Å². The molecule has 3 heterocycles. The molecule has 1 N–H and O–H groups in total. The van der Waals surface area contributed by atoms with Gasteiger partial charge in [0.05, 0.1) is 17.4 Å². The summed E-state index contributed by atoms with van der Waals surface area (Å²) in [6.45, 7) is 0.596. The van der Waals surface area contributed by atoms with Gasteiger partial charge in [-0.1, -0.05) is 0 Å². The quantitative estimate of drug-likeness (QED) is 0.710. The molecule has 8 nitrogen and oxygen atoms in total. The third-order valence-electron chi connectivity index (χ3n) is 4.98. The highest BCUT2D eigenvalue weighted by Gasteiger charge is 2.45. The molecule has 9 heteroatoms. The van der Waals surface area contributed by atoms with Crippen molar-refractivity contribution in [3.05, 3.63) is 0 Å². The molecule has 3 atom stereocenters. The Labute approximate surface area is 134 Å². The molecular weight excluding hydrogens is 324 g/mol. The van der Waals surface area contributed by atoms with Gasteiger partial charge in [-0.15, -0.1) is 0 Å². The standard InChI is InChI=1S/C14H20N2O6S/c17-12-6-9(7-16(12)10-3-5-23(21,22)8-10)13(18)15-4-1-2-11(15)14(19)20/h9-11H,1-8H2,(H,19,20)/t9?,10?,11-/m0/s1. The molecular formula is C14H20N2O6S. The number of amides is 2. The Bertz CT molecular complexity index is 646. The molecule has 0 saturated carbocycles. The molecule has 0 aromatic heterocycles. The van der Waals surface area contributed by atoms with Crippen LogP contribution in [0.4, 0.5) is 0 Å². The Balaban J connectivity index is 1.68. The molecule has 0 aliphatic carbocycles. The predicted molar refractivity (Wildman–Crippen MR) is 79.2 cm³/mol. The number of carboxylic acids is 1. The highest BCUT2D eigenvalue weighted by molar-refractivity contribution is 7.91. The third-order valence-corrected chi connectivity index (χ3v) is 6.73. The van der Waals surface area contributed by atoms with Gasteiger partial charge in [0.2, 0.25) is 11.8 Å². The second-order valence-electron chi connectivity index (χ2n) is 6.53. The van der Waals surface area contributed by atoms with E-state index in [-0.39, 0.29) is 42.3 Å². The number of nitrogens with zero attached hydrogens (tertiary/aromatic N) is 2. The number of carboxylic acid groups (broad SMARTS) is 1. The monoisotopic (exact) mass is 344 g/mol. The van der Waals surface area contributed by atoms with Crippen LogP contribution in [0.2, 0.25) is 0 Å². The molecule has 3 aliphatic heterocycles. The molecule has 23 heavy (non-hydrogen) atoms. The number of sulfone groups is 1. The number of carbonyl (C=O) groups is 3. The summed E-state index contributed by atoms with van der Waals surface area (Å²) in [7, 11) is -3.10. The molecule has 0 bridgehead atoms. The van der Waals surface area contributed by atoms with Crippen LogP contribution in [0.15, 0.2) is 0 Å². The van der Waals surface area contributed by atoms with E-state index in [9.17, 15) is 27.9 Å². The van der Waals surface area contributed by atoms with Crippen LogP contribution in [0, 0.1) is 5.92 Å². The predicted octanol–water partition coefficient (Wildman–Crippen LogP) is -0.902. The van der Waals surface area contributed by atoms with Crippen molar-refractivity contribution in [3.8, 4) is 0 Å². The highest BCUT2D eigenvalue weighted by atomic mass is 32.2. The Morgan fingerprint density at radius 1 is 1.22 bits per heavy atom. The maximum Gasteiger partial charge on any atom is 0.326 e. The SMILES string of the molecule is O=C(O)[C@@H]1CCCN1C(=O)C1CC(=O)N(C2CCS(=O)(=O)C2)C1. The number of hydrogen-bond acceptors (Lipinski definition) is 5. The fourth-order valence-corrected chi connectivity index (χ4v) is 5.52. The smallest absolute Gasteiger partial charge is 0.326 e. The van der Waals surface area contributed by atoms with Crippen molar-refractivity contribution in [1.82, 2.24) is 9.80 Å². The molecule has 0 aromatic rings. The fraction of sp³-hybridized carbons (Fsp3) is 0.786. The first-order valence-corrected chi connectivity index (χ1v) is 9.64. The van der Waals surface area contributed by atoms with Crippen molar-refractivity contribution < 1.29 is 27.9 Å². The minimum Gasteiger partial charge on any atom is -0.480 e. The first kappa shape index (κ1) is 16.2. The first-order chi connectivity index (χ1) is 10.8. The Hall–Kier alpha value is -1.64. The van der Waals surface area contributed by atoms with E-state index in [0.29, 0.717) is 25.8 Å². The van der Waals surface area contributed by atoms with Crippen LogP contribution in [-0.2, 0) is 24.2 Å². The van der Waals surface area contributed by atoms with Crippen LogP contribution in [-0.4, -0.2) is 77.8 Å². The maximum atomic E-state index is 12.6.